The topological polar surface area (TPSA) is 69.5 Å². The number of carbonyl (C=O) groups is 1. The Morgan fingerprint density at radius 2 is 2.09 bits per heavy atom. The number of pyridine rings is 1. The maximum absolute atomic E-state index is 12.5. The molecule has 5 rings (SSSR count). The van der Waals surface area contributed by atoms with Crippen LogP contribution in [0, 0.1) is 11.3 Å². The van der Waals surface area contributed by atoms with E-state index in [9.17, 15) is 10.1 Å². The van der Waals surface area contributed by atoms with E-state index in [2.05, 4.69) is 48.2 Å². The summed E-state index contributed by atoms with van der Waals surface area (Å²) >= 11 is 1.76. The summed E-state index contributed by atoms with van der Waals surface area (Å²) in [7, 11) is 1.61. The number of fused-ring (bicyclic) bond motifs is 1. The lowest BCUT2D eigenvalue weighted by Gasteiger charge is -2.41. The second kappa shape index (κ2) is 9.12. The van der Waals surface area contributed by atoms with Crippen molar-refractivity contribution in [1.82, 2.24) is 9.88 Å². The standard InChI is InChI=1S/C26H28N4O2S/c1-17-16-29(10-11-30(17)24(31)9-12-32-2)26-20(15-27)13-21(25(28-26)18-7-8-18)23-14-19-5-3-4-6-22(19)33-23/h3-6,13-14,17-18H,7-12,16H2,1-2H3/t17-/m1/s1. The number of anilines is 1. The maximum Gasteiger partial charge on any atom is 0.225 e. The van der Waals surface area contributed by atoms with Crippen LogP contribution < -0.4 is 4.90 Å². The summed E-state index contributed by atoms with van der Waals surface area (Å²) in [5.41, 5.74) is 2.82. The summed E-state index contributed by atoms with van der Waals surface area (Å²) in [6, 6.07) is 15.1. The van der Waals surface area contributed by atoms with E-state index in [0.717, 1.165) is 29.9 Å². The van der Waals surface area contributed by atoms with E-state index in [0.29, 0.717) is 44.1 Å². The molecule has 0 spiro atoms. The molecule has 0 unspecified atom stereocenters. The van der Waals surface area contributed by atoms with Crippen molar-refractivity contribution in [3.8, 4) is 16.5 Å². The van der Waals surface area contributed by atoms with E-state index in [1.165, 1.54) is 15.0 Å². The quantitative estimate of drug-likeness (QED) is 0.529. The SMILES string of the molecule is COCCC(=O)N1CCN(c2nc(C3CC3)c(-c3cc4ccccc4s3)cc2C#N)C[C@H]1C. The van der Waals surface area contributed by atoms with Crippen LogP contribution in [0.15, 0.2) is 36.4 Å². The van der Waals surface area contributed by atoms with Crippen molar-refractivity contribution in [2.24, 2.45) is 0 Å². The van der Waals surface area contributed by atoms with Gasteiger partial charge in [0.05, 0.1) is 24.3 Å². The highest BCUT2D eigenvalue weighted by atomic mass is 32.1. The first-order valence-corrected chi connectivity index (χ1v) is 12.4. The normalized spacial score (nSPS) is 18.5. The van der Waals surface area contributed by atoms with E-state index >= 15 is 0 Å². The molecule has 3 aromatic rings. The zero-order valence-electron chi connectivity index (χ0n) is 19.1. The number of nitrogens with zero attached hydrogens (tertiary/aromatic N) is 4. The summed E-state index contributed by atoms with van der Waals surface area (Å²) < 4.78 is 6.31. The van der Waals surface area contributed by atoms with Gasteiger partial charge in [-0.1, -0.05) is 18.2 Å². The first-order valence-electron chi connectivity index (χ1n) is 11.6. The Kier molecular flexibility index (Phi) is 6.05. The van der Waals surface area contributed by atoms with Gasteiger partial charge in [-0.3, -0.25) is 4.79 Å². The van der Waals surface area contributed by atoms with Crippen LogP contribution in [0.1, 0.15) is 43.4 Å². The molecule has 1 saturated heterocycles. The minimum absolute atomic E-state index is 0.0584. The lowest BCUT2D eigenvalue weighted by atomic mass is 10.0. The summed E-state index contributed by atoms with van der Waals surface area (Å²) in [4.78, 5) is 22.9. The fourth-order valence-corrected chi connectivity index (χ4v) is 5.76. The number of carbonyl (C=O) groups excluding carboxylic acids is 1. The smallest absolute Gasteiger partial charge is 0.225 e. The summed E-state index contributed by atoms with van der Waals surface area (Å²) in [6.45, 7) is 4.49. The van der Waals surface area contributed by atoms with Gasteiger partial charge in [-0.2, -0.15) is 5.26 Å². The molecule has 1 aliphatic heterocycles. The molecular weight excluding hydrogens is 432 g/mol. The van der Waals surface area contributed by atoms with Gasteiger partial charge in [-0.25, -0.2) is 4.98 Å². The van der Waals surface area contributed by atoms with Crippen molar-refractivity contribution in [2.75, 3.05) is 38.3 Å². The molecule has 1 aliphatic carbocycles. The monoisotopic (exact) mass is 460 g/mol. The average molecular weight is 461 g/mol. The van der Waals surface area contributed by atoms with Crippen LogP contribution in [0.2, 0.25) is 0 Å². The number of methoxy groups -OCH3 is 1. The highest BCUT2D eigenvalue weighted by Gasteiger charge is 2.33. The Labute approximate surface area is 198 Å². The number of ether oxygens (including phenoxy) is 1. The Hall–Kier alpha value is -2.95. The van der Waals surface area contributed by atoms with E-state index in [4.69, 9.17) is 9.72 Å². The molecule has 2 fully saturated rings. The van der Waals surface area contributed by atoms with Crippen LogP contribution in [-0.4, -0.2) is 55.2 Å². The predicted octanol–water partition coefficient (Wildman–Crippen LogP) is 4.79. The van der Waals surface area contributed by atoms with Crippen molar-refractivity contribution >= 4 is 33.1 Å². The second-order valence-electron chi connectivity index (χ2n) is 8.95. The van der Waals surface area contributed by atoms with E-state index in [-0.39, 0.29) is 11.9 Å². The number of thiophene rings is 1. The summed E-state index contributed by atoms with van der Waals surface area (Å²) in [5.74, 6) is 1.35. The van der Waals surface area contributed by atoms with Gasteiger partial charge in [0.2, 0.25) is 5.91 Å². The van der Waals surface area contributed by atoms with Crippen molar-refractivity contribution in [3.05, 3.63) is 47.7 Å². The van der Waals surface area contributed by atoms with Gasteiger partial charge in [-0.05, 0) is 43.4 Å². The zero-order chi connectivity index (χ0) is 22.9. The van der Waals surface area contributed by atoms with Crippen LogP contribution in [0.25, 0.3) is 20.5 Å². The molecule has 0 radical (unpaired) electrons. The highest BCUT2D eigenvalue weighted by molar-refractivity contribution is 7.22. The number of nitriles is 1. The number of rotatable bonds is 6. The van der Waals surface area contributed by atoms with Gasteiger partial charge >= 0.3 is 0 Å². The molecule has 3 heterocycles. The van der Waals surface area contributed by atoms with E-state index in [1.807, 2.05) is 11.0 Å². The number of amides is 1. The third-order valence-corrected chi connectivity index (χ3v) is 7.72. The van der Waals surface area contributed by atoms with Crippen molar-refractivity contribution in [2.45, 2.75) is 38.1 Å². The Morgan fingerprint density at radius 3 is 2.79 bits per heavy atom. The molecule has 0 bridgehead atoms. The molecule has 2 aromatic heterocycles. The minimum atomic E-state index is 0.0584. The third-order valence-electron chi connectivity index (χ3n) is 6.57. The summed E-state index contributed by atoms with van der Waals surface area (Å²) in [6.07, 6.45) is 2.70. The number of hydrogen-bond donors (Lipinski definition) is 0. The van der Waals surface area contributed by atoms with Crippen LogP contribution in [-0.2, 0) is 9.53 Å². The highest BCUT2D eigenvalue weighted by Crippen LogP contribution is 2.47. The first-order chi connectivity index (χ1) is 16.1. The molecule has 2 aliphatic rings. The van der Waals surface area contributed by atoms with Crippen molar-refractivity contribution in [1.29, 1.82) is 5.26 Å². The molecule has 170 valence electrons. The van der Waals surface area contributed by atoms with Crippen molar-refractivity contribution < 1.29 is 9.53 Å². The third kappa shape index (κ3) is 4.33. The maximum atomic E-state index is 12.5. The summed E-state index contributed by atoms with van der Waals surface area (Å²) in [5, 5.41) is 11.2. The lowest BCUT2D eigenvalue weighted by molar-refractivity contribution is -0.134. The first kappa shape index (κ1) is 21.9. The molecule has 6 nitrogen and oxygen atoms in total. The molecular formula is C26H28N4O2S. The Morgan fingerprint density at radius 1 is 1.27 bits per heavy atom. The average Bonchev–Trinajstić information content (AvgIpc) is 3.59. The van der Waals surface area contributed by atoms with Crippen LogP contribution in [0.5, 0.6) is 0 Å². The van der Waals surface area contributed by atoms with E-state index in [1.54, 1.807) is 18.4 Å². The van der Waals surface area contributed by atoms with E-state index < -0.39 is 0 Å². The largest absolute Gasteiger partial charge is 0.384 e. The van der Waals surface area contributed by atoms with Gasteiger partial charge in [0.1, 0.15) is 11.9 Å². The number of hydrogen-bond acceptors (Lipinski definition) is 6. The molecule has 1 saturated carbocycles. The zero-order valence-corrected chi connectivity index (χ0v) is 19.9. The fourth-order valence-electron chi connectivity index (χ4n) is 4.67. The molecule has 0 N–H and O–H groups in total. The molecule has 1 aromatic carbocycles. The molecule has 33 heavy (non-hydrogen) atoms. The van der Waals surface area contributed by atoms with Crippen LogP contribution >= 0.6 is 11.3 Å². The fraction of sp³-hybridized carbons (Fsp3) is 0.423. The molecule has 1 amide bonds. The van der Waals surface area contributed by atoms with Gasteiger partial charge in [0, 0.05) is 53.8 Å². The second-order valence-corrected chi connectivity index (χ2v) is 10.0. The molecule has 7 heteroatoms. The molecule has 1 atom stereocenters. The van der Waals surface area contributed by atoms with Crippen molar-refractivity contribution in [3.63, 3.8) is 0 Å². The number of benzene rings is 1. The number of aromatic nitrogens is 1. The van der Waals surface area contributed by atoms with Gasteiger partial charge in [0.15, 0.2) is 0 Å². The minimum Gasteiger partial charge on any atom is -0.384 e. The van der Waals surface area contributed by atoms with Gasteiger partial charge in [0.25, 0.3) is 0 Å². The number of piperazine rings is 1. The van der Waals surface area contributed by atoms with Gasteiger partial charge < -0.3 is 14.5 Å². The van der Waals surface area contributed by atoms with Gasteiger partial charge in [-0.15, -0.1) is 11.3 Å². The Bertz CT molecular complexity index is 1190. The predicted molar refractivity (Wildman–Crippen MR) is 132 cm³/mol. The van der Waals surface area contributed by atoms with Crippen LogP contribution in [0.3, 0.4) is 0 Å². The Balaban J connectivity index is 1.46. The van der Waals surface area contributed by atoms with Crippen LogP contribution in [0.4, 0.5) is 5.82 Å². The lowest BCUT2D eigenvalue weighted by Crippen LogP contribution is -2.54.